The normalized spacial score (nSPS) is 18.0. The van der Waals surface area contributed by atoms with Crippen molar-refractivity contribution in [1.82, 2.24) is 24.2 Å². The number of likely N-dealkylation sites (tertiary alicyclic amines) is 1. The molecule has 7 nitrogen and oxygen atoms in total. The van der Waals surface area contributed by atoms with E-state index in [9.17, 15) is 9.59 Å². The molecule has 1 amide bonds. The Labute approximate surface area is 141 Å². The average molecular weight is 329 g/mol. The van der Waals surface area contributed by atoms with Crippen molar-refractivity contribution in [2.75, 3.05) is 13.1 Å². The standard InChI is InChI=1S/C17H23N5O2/c1-4-22-12(2)10-14(19-22)17(24)21-8-5-6-13(11-21)15(23)16-18-7-9-20(16)3/h7,9-10,13H,4-6,8,11H2,1-3H3. The highest BCUT2D eigenvalue weighted by Crippen LogP contribution is 2.22. The van der Waals surface area contributed by atoms with Gasteiger partial charge in [-0.3, -0.25) is 14.3 Å². The number of aryl methyl sites for hydroxylation is 3. The maximum atomic E-state index is 12.7. The largest absolute Gasteiger partial charge is 0.337 e. The Morgan fingerprint density at radius 3 is 2.79 bits per heavy atom. The van der Waals surface area contributed by atoms with E-state index >= 15 is 0 Å². The van der Waals surface area contributed by atoms with Gasteiger partial charge in [-0.05, 0) is 32.8 Å². The molecule has 0 N–H and O–H groups in total. The van der Waals surface area contributed by atoms with Crippen LogP contribution in [0.5, 0.6) is 0 Å². The van der Waals surface area contributed by atoms with E-state index in [1.807, 2.05) is 31.6 Å². The minimum atomic E-state index is -0.196. The van der Waals surface area contributed by atoms with Gasteiger partial charge in [0.2, 0.25) is 5.78 Å². The molecule has 1 atom stereocenters. The topological polar surface area (TPSA) is 73.0 Å². The fraction of sp³-hybridized carbons (Fsp3) is 0.529. The molecule has 24 heavy (non-hydrogen) atoms. The fourth-order valence-corrected chi connectivity index (χ4v) is 3.26. The number of hydrogen-bond acceptors (Lipinski definition) is 4. The predicted octanol–water partition coefficient (Wildman–Crippen LogP) is 1.68. The number of aromatic nitrogens is 4. The molecule has 0 radical (unpaired) electrons. The summed E-state index contributed by atoms with van der Waals surface area (Å²) in [6.07, 6.45) is 5.00. The molecule has 1 fully saturated rings. The van der Waals surface area contributed by atoms with Crippen LogP contribution in [-0.2, 0) is 13.6 Å². The molecule has 1 saturated heterocycles. The lowest BCUT2D eigenvalue weighted by Gasteiger charge is -2.31. The van der Waals surface area contributed by atoms with Crippen molar-refractivity contribution < 1.29 is 9.59 Å². The molecular weight excluding hydrogens is 306 g/mol. The summed E-state index contributed by atoms with van der Waals surface area (Å²) in [5, 5.41) is 4.36. The van der Waals surface area contributed by atoms with Crippen LogP contribution in [-0.4, -0.2) is 49.0 Å². The van der Waals surface area contributed by atoms with Crippen LogP contribution in [0, 0.1) is 12.8 Å². The first-order valence-corrected chi connectivity index (χ1v) is 8.36. The Morgan fingerprint density at radius 2 is 2.17 bits per heavy atom. The monoisotopic (exact) mass is 329 g/mol. The van der Waals surface area contributed by atoms with E-state index in [0.717, 1.165) is 25.1 Å². The molecule has 1 aliphatic rings. The number of amides is 1. The highest BCUT2D eigenvalue weighted by molar-refractivity contribution is 5.96. The zero-order chi connectivity index (χ0) is 17.3. The molecule has 1 aliphatic heterocycles. The van der Waals surface area contributed by atoms with Crippen molar-refractivity contribution in [3.05, 3.63) is 35.7 Å². The van der Waals surface area contributed by atoms with Crippen molar-refractivity contribution in [2.45, 2.75) is 33.2 Å². The second kappa shape index (κ2) is 6.59. The molecular formula is C17H23N5O2. The first kappa shape index (κ1) is 16.4. The lowest BCUT2D eigenvalue weighted by molar-refractivity contribution is 0.0627. The van der Waals surface area contributed by atoms with Crippen LogP contribution in [0.1, 0.15) is 46.6 Å². The molecule has 1 unspecified atom stereocenters. The number of piperidine rings is 1. The summed E-state index contributed by atoms with van der Waals surface area (Å²) in [6.45, 7) is 5.77. The Balaban J connectivity index is 1.74. The molecule has 3 rings (SSSR count). The average Bonchev–Trinajstić information content (AvgIpc) is 3.19. The third kappa shape index (κ3) is 2.98. The summed E-state index contributed by atoms with van der Waals surface area (Å²) >= 11 is 0. The minimum absolute atomic E-state index is 0.00951. The van der Waals surface area contributed by atoms with E-state index < -0.39 is 0 Å². The molecule has 0 aliphatic carbocycles. The zero-order valence-electron chi connectivity index (χ0n) is 14.4. The summed E-state index contributed by atoms with van der Waals surface area (Å²) in [5.74, 6) is 0.177. The first-order chi connectivity index (χ1) is 11.5. The maximum Gasteiger partial charge on any atom is 0.274 e. The number of carbonyl (C=O) groups is 2. The van der Waals surface area contributed by atoms with E-state index in [4.69, 9.17) is 0 Å². The Morgan fingerprint density at radius 1 is 1.38 bits per heavy atom. The molecule has 0 spiro atoms. The third-order valence-electron chi connectivity index (χ3n) is 4.62. The number of hydrogen-bond donors (Lipinski definition) is 0. The minimum Gasteiger partial charge on any atom is -0.337 e. The molecule has 2 aromatic heterocycles. The zero-order valence-corrected chi connectivity index (χ0v) is 14.4. The second-order valence-corrected chi connectivity index (χ2v) is 6.30. The molecule has 0 saturated carbocycles. The lowest BCUT2D eigenvalue weighted by atomic mass is 9.93. The van der Waals surface area contributed by atoms with Crippen LogP contribution >= 0.6 is 0 Å². The number of Topliss-reactive ketones (excluding diaryl/α,β-unsaturated/α-hetero) is 1. The van der Waals surface area contributed by atoms with Gasteiger partial charge in [0.05, 0.1) is 0 Å². The molecule has 0 aromatic carbocycles. The summed E-state index contributed by atoms with van der Waals surface area (Å²) < 4.78 is 3.54. The van der Waals surface area contributed by atoms with Gasteiger partial charge in [-0.1, -0.05) is 0 Å². The highest BCUT2D eigenvalue weighted by Gasteiger charge is 2.31. The number of rotatable bonds is 4. The first-order valence-electron chi connectivity index (χ1n) is 8.36. The van der Waals surface area contributed by atoms with Crippen molar-refractivity contribution >= 4 is 11.7 Å². The van der Waals surface area contributed by atoms with Gasteiger partial charge in [-0.2, -0.15) is 5.10 Å². The number of imidazole rings is 1. The molecule has 2 aromatic rings. The Kier molecular flexibility index (Phi) is 4.51. The van der Waals surface area contributed by atoms with Gasteiger partial charge in [-0.25, -0.2) is 4.98 Å². The van der Waals surface area contributed by atoms with Gasteiger partial charge in [0.15, 0.2) is 11.5 Å². The second-order valence-electron chi connectivity index (χ2n) is 6.30. The van der Waals surface area contributed by atoms with Crippen LogP contribution in [0.4, 0.5) is 0 Å². The van der Waals surface area contributed by atoms with Crippen LogP contribution in [0.15, 0.2) is 18.5 Å². The maximum absolute atomic E-state index is 12.7. The van der Waals surface area contributed by atoms with Gasteiger partial charge in [0, 0.05) is 50.7 Å². The van der Waals surface area contributed by atoms with E-state index in [1.165, 1.54) is 0 Å². The van der Waals surface area contributed by atoms with Crippen molar-refractivity contribution in [2.24, 2.45) is 13.0 Å². The van der Waals surface area contributed by atoms with Crippen LogP contribution < -0.4 is 0 Å². The van der Waals surface area contributed by atoms with Gasteiger partial charge in [0.25, 0.3) is 5.91 Å². The van der Waals surface area contributed by atoms with Gasteiger partial charge >= 0.3 is 0 Å². The highest BCUT2D eigenvalue weighted by atomic mass is 16.2. The van der Waals surface area contributed by atoms with Crippen LogP contribution in [0.3, 0.4) is 0 Å². The summed E-state index contributed by atoms with van der Waals surface area (Å²) in [4.78, 5) is 31.3. The smallest absolute Gasteiger partial charge is 0.274 e. The SMILES string of the molecule is CCn1nc(C(=O)N2CCCC(C(=O)c3nccn3C)C2)cc1C. The molecule has 0 bridgehead atoms. The summed E-state index contributed by atoms with van der Waals surface area (Å²) in [6, 6.07) is 1.82. The van der Waals surface area contributed by atoms with E-state index in [0.29, 0.717) is 24.6 Å². The third-order valence-corrected chi connectivity index (χ3v) is 4.62. The number of nitrogens with zero attached hydrogens (tertiary/aromatic N) is 5. The van der Waals surface area contributed by atoms with E-state index in [2.05, 4.69) is 10.1 Å². The number of carbonyl (C=O) groups excluding carboxylic acids is 2. The van der Waals surface area contributed by atoms with Crippen molar-refractivity contribution in [3.63, 3.8) is 0 Å². The van der Waals surface area contributed by atoms with Crippen LogP contribution in [0.2, 0.25) is 0 Å². The molecule has 7 heteroatoms. The summed E-state index contributed by atoms with van der Waals surface area (Å²) in [5.41, 5.74) is 1.43. The Bertz CT molecular complexity index is 761. The van der Waals surface area contributed by atoms with Gasteiger partial charge < -0.3 is 9.47 Å². The molecule has 128 valence electrons. The van der Waals surface area contributed by atoms with Gasteiger partial charge in [0.1, 0.15) is 0 Å². The fourth-order valence-electron chi connectivity index (χ4n) is 3.26. The van der Waals surface area contributed by atoms with Crippen LogP contribution in [0.25, 0.3) is 0 Å². The Hall–Kier alpha value is -2.44. The summed E-state index contributed by atoms with van der Waals surface area (Å²) in [7, 11) is 1.81. The van der Waals surface area contributed by atoms with E-state index in [1.54, 1.807) is 21.9 Å². The quantitative estimate of drug-likeness (QED) is 0.800. The van der Waals surface area contributed by atoms with Gasteiger partial charge in [-0.15, -0.1) is 0 Å². The van der Waals surface area contributed by atoms with Crippen molar-refractivity contribution in [1.29, 1.82) is 0 Å². The molecule has 3 heterocycles. The lowest BCUT2D eigenvalue weighted by Crippen LogP contribution is -2.43. The van der Waals surface area contributed by atoms with Crippen molar-refractivity contribution in [3.8, 4) is 0 Å². The number of ketones is 1. The van der Waals surface area contributed by atoms with E-state index in [-0.39, 0.29) is 17.6 Å². The predicted molar refractivity (Wildman–Crippen MR) is 88.8 cm³/mol.